The number of benzene rings is 2. The Balaban J connectivity index is 1.61. The van der Waals surface area contributed by atoms with Crippen molar-refractivity contribution in [3.8, 4) is 17.1 Å². The maximum Gasteiger partial charge on any atom is 0.336 e. The predicted octanol–water partition coefficient (Wildman–Crippen LogP) is 6.16. The molecule has 7 heteroatoms. The summed E-state index contributed by atoms with van der Waals surface area (Å²) in [5.74, 6) is 1.61. The molecule has 0 bridgehead atoms. The quantitative estimate of drug-likeness (QED) is 0.219. The van der Waals surface area contributed by atoms with E-state index in [-0.39, 0.29) is 5.63 Å². The third-order valence-electron chi connectivity index (χ3n) is 5.70. The van der Waals surface area contributed by atoms with Crippen LogP contribution < -0.4 is 5.63 Å². The van der Waals surface area contributed by atoms with Crippen molar-refractivity contribution in [1.29, 1.82) is 0 Å². The maximum absolute atomic E-state index is 12.2. The molecule has 0 saturated carbocycles. The van der Waals surface area contributed by atoms with Crippen molar-refractivity contribution in [3.05, 3.63) is 100 Å². The first-order chi connectivity index (χ1) is 16.5. The van der Waals surface area contributed by atoms with Gasteiger partial charge in [-0.05, 0) is 53.8 Å². The zero-order valence-electron chi connectivity index (χ0n) is 19.2. The summed E-state index contributed by atoms with van der Waals surface area (Å²) in [6, 6.07) is 19.7. The molecule has 5 rings (SSSR count). The van der Waals surface area contributed by atoms with Gasteiger partial charge in [-0.1, -0.05) is 55.9 Å². The van der Waals surface area contributed by atoms with E-state index in [4.69, 9.17) is 4.42 Å². The normalized spacial score (nSPS) is 11.4. The van der Waals surface area contributed by atoms with Gasteiger partial charge in [-0.25, -0.2) is 4.79 Å². The Morgan fingerprint density at radius 3 is 2.68 bits per heavy atom. The van der Waals surface area contributed by atoms with Gasteiger partial charge in [0.25, 0.3) is 0 Å². The molecule has 3 aromatic heterocycles. The monoisotopic (exact) mass is 468 g/mol. The van der Waals surface area contributed by atoms with E-state index in [9.17, 15) is 4.79 Å². The lowest BCUT2D eigenvalue weighted by atomic mass is 10.0. The van der Waals surface area contributed by atoms with Gasteiger partial charge in [-0.2, -0.15) is 0 Å². The molecule has 0 aliphatic heterocycles. The lowest BCUT2D eigenvalue weighted by Gasteiger charge is -2.17. The van der Waals surface area contributed by atoms with Gasteiger partial charge in [0.15, 0.2) is 11.0 Å². The predicted molar refractivity (Wildman–Crippen MR) is 135 cm³/mol. The Morgan fingerprint density at radius 1 is 1.03 bits per heavy atom. The van der Waals surface area contributed by atoms with Gasteiger partial charge in [0.05, 0.1) is 5.69 Å². The van der Waals surface area contributed by atoms with Crippen LogP contribution in [0.5, 0.6) is 0 Å². The van der Waals surface area contributed by atoms with E-state index in [1.165, 1.54) is 5.56 Å². The molecule has 0 aliphatic rings. The highest BCUT2D eigenvalue weighted by molar-refractivity contribution is 7.98. The maximum atomic E-state index is 12.2. The second-order valence-electron chi connectivity index (χ2n) is 8.48. The van der Waals surface area contributed by atoms with Crippen LogP contribution in [-0.4, -0.2) is 19.7 Å². The Bertz CT molecular complexity index is 1520. The van der Waals surface area contributed by atoms with E-state index < -0.39 is 0 Å². The number of aryl methyl sites for hydroxylation is 1. The minimum Gasteiger partial charge on any atom is -0.423 e. The molecule has 0 atom stereocenters. The van der Waals surface area contributed by atoms with E-state index in [1.807, 2.05) is 43.3 Å². The summed E-state index contributed by atoms with van der Waals surface area (Å²) in [5.41, 5.74) is 5.34. The lowest BCUT2D eigenvalue weighted by Crippen LogP contribution is -2.05. The second-order valence-corrected chi connectivity index (χ2v) is 9.42. The molecule has 0 saturated heterocycles. The molecule has 0 spiro atoms. The minimum absolute atomic E-state index is 0.323. The van der Waals surface area contributed by atoms with E-state index in [0.717, 1.165) is 38.7 Å². The van der Waals surface area contributed by atoms with Crippen LogP contribution in [0.15, 0.2) is 87.4 Å². The molecule has 3 heterocycles. The molecule has 2 aromatic carbocycles. The molecule has 0 unspecified atom stereocenters. The van der Waals surface area contributed by atoms with E-state index in [1.54, 1.807) is 30.2 Å². The van der Waals surface area contributed by atoms with Gasteiger partial charge in [-0.15, -0.1) is 10.2 Å². The van der Waals surface area contributed by atoms with Gasteiger partial charge in [0.2, 0.25) is 0 Å². The minimum atomic E-state index is -0.351. The topological polar surface area (TPSA) is 73.8 Å². The molecule has 0 aliphatic carbocycles. The standard InChI is InChI=1S/C27H24N4O2S/c1-17(2)21-8-4-5-9-23(21)31-26(19-7-6-12-28-15-19)29-30-27(31)34-16-20-14-25(32)33-24-13-18(3)10-11-22(20)24/h4-15,17H,16H2,1-3H3. The number of para-hydroxylation sites is 1. The first-order valence-corrected chi connectivity index (χ1v) is 12.1. The number of aromatic nitrogens is 4. The highest BCUT2D eigenvalue weighted by atomic mass is 32.2. The number of pyridine rings is 1. The van der Waals surface area contributed by atoms with Gasteiger partial charge >= 0.3 is 5.63 Å². The second kappa shape index (κ2) is 9.27. The van der Waals surface area contributed by atoms with E-state index in [2.05, 4.69) is 51.8 Å². The molecule has 0 fully saturated rings. The summed E-state index contributed by atoms with van der Waals surface area (Å²) in [6.07, 6.45) is 3.54. The SMILES string of the molecule is Cc1ccc2c(CSc3nnc(-c4cccnc4)n3-c3ccccc3C(C)C)cc(=O)oc2c1. The summed E-state index contributed by atoms with van der Waals surface area (Å²) in [7, 11) is 0. The number of hydrogen-bond acceptors (Lipinski definition) is 6. The van der Waals surface area contributed by atoms with Gasteiger partial charge in [0, 0.05) is 35.2 Å². The molecular weight excluding hydrogens is 444 g/mol. The van der Waals surface area contributed by atoms with Crippen molar-refractivity contribution >= 4 is 22.7 Å². The fraction of sp³-hybridized carbons (Fsp3) is 0.185. The number of thioether (sulfide) groups is 1. The third-order valence-corrected chi connectivity index (χ3v) is 6.67. The summed E-state index contributed by atoms with van der Waals surface area (Å²) in [5, 5.41) is 10.8. The Labute approximate surface area is 201 Å². The Hall–Kier alpha value is -3.71. The molecule has 5 aromatic rings. The van der Waals surface area contributed by atoms with Crippen molar-refractivity contribution in [2.45, 2.75) is 37.6 Å². The highest BCUT2D eigenvalue weighted by Crippen LogP contribution is 2.34. The smallest absolute Gasteiger partial charge is 0.336 e. The van der Waals surface area contributed by atoms with Crippen molar-refractivity contribution < 1.29 is 4.42 Å². The largest absolute Gasteiger partial charge is 0.423 e. The highest BCUT2D eigenvalue weighted by Gasteiger charge is 2.20. The van der Waals surface area contributed by atoms with Crippen molar-refractivity contribution in [2.24, 2.45) is 0 Å². The molecule has 170 valence electrons. The van der Waals surface area contributed by atoms with Crippen molar-refractivity contribution in [2.75, 3.05) is 0 Å². The summed E-state index contributed by atoms with van der Waals surface area (Å²) in [4.78, 5) is 16.5. The molecule has 0 radical (unpaired) electrons. The third kappa shape index (κ3) is 4.26. The number of rotatable bonds is 6. The van der Waals surface area contributed by atoms with Gasteiger partial charge in [-0.3, -0.25) is 9.55 Å². The van der Waals surface area contributed by atoms with Crippen LogP contribution in [0.25, 0.3) is 28.0 Å². The van der Waals surface area contributed by atoms with Crippen LogP contribution in [0.2, 0.25) is 0 Å². The number of nitrogens with zero attached hydrogens (tertiary/aromatic N) is 4. The van der Waals surface area contributed by atoms with Crippen LogP contribution >= 0.6 is 11.8 Å². The molecule has 0 N–H and O–H groups in total. The first-order valence-electron chi connectivity index (χ1n) is 11.1. The fourth-order valence-electron chi connectivity index (χ4n) is 4.04. The molecular formula is C27H24N4O2S. The summed E-state index contributed by atoms with van der Waals surface area (Å²) in [6.45, 7) is 6.34. The van der Waals surface area contributed by atoms with Crippen molar-refractivity contribution in [3.63, 3.8) is 0 Å². The Morgan fingerprint density at radius 2 is 1.88 bits per heavy atom. The summed E-state index contributed by atoms with van der Waals surface area (Å²) < 4.78 is 7.52. The molecule has 6 nitrogen and oxygen atoms in total. The average Bonchev–Trinajstić information content (AvgIpc) is 3.26. The van der Waals surface area contributed by atoms with Crippen LogP contribution in [0.3, 0.4) is 0 Å². The van der Waals surface area contributed by atoms with Gasteiger partial charge in [0.1, 0.15) is 5.58 Å². The van der Waals surface area contributed by atoms with Crippen LogP contribution in [0.1, 0.15) is 36.5 Å². The number of fused-ring (bicyclic) bond motifs is 1. The van der Waals surface area contributed by atoms with Crippen LogP contribution in [0, 0.1) is 6.92 Å². The average molecular weight is 469 g/mol. The summed E-state index contributed by atoms with van der Waals surface area (Å²) >= 11 is 1.55. The van der Waals surface area contributed by atoms with Crippen molar-refractivity contribution in [1.82, 2.24) is 19.7 Å². The zero-order chi connectivity index (χ0) is 23.7. The lowest BCUT2D eigenvalue weighted by molar-refractivity contribution is 0.559. The molecule has 0 amide bonds. The van der Waals surface area contributed by atoms with Gasteiger partial charge < -0.3 is 4.42 Å². The van der Waals surface area contributed by atoms with E-state index >= 15 is 0 Å². The fourth-order valence-corrected chi connectivity index (χ4v) is 4.98. The zero-order valence-corrected chi connectivity index (χ0v) is 20.0. The first kappa shape index (κ1) is 22.1. The van der Waals surface area contributed by atoms with E-state index in [0.29, 0.717) is 17.3 Å². The van der Waals surface area contributed by atoms with Crippen LogP contribution in [-0.2, 0) is 5.75 Å². The number of hydrogen-bond donors (Lipinski definition) is 0. The Kier molecular flexibility index (Phi) is 6.02. The molecule has 34 heavy (non-hydrogen) atoms. The van der Waals surface area contributed by atoms with Crippen LogP contribution in [0.4, 0.5) is 0 Å².